The zero-order valence-electron chi connectivity index (χ0n) is 30.3. The average molecular weight is 683 g/mol. The van der Waals surface area contributed by atoms with Gasteiger partial charge in [-0.15, -0.1) is 6.42 Å². The Balaban J connectivity index is 1.27. The second-order valence-electron chi connectivity index (χ2n) is 15.2. The third-order valence-corrected chi connectivity index (χ3v) is 12.4. The van der Waals surface area contributed by atoms with E-state index >= 15 is 0 Å². The van der Waals surface area contributed by atoms with Gasteiger partial charge in [-0.1, -0.05) is 154 Å². The summed E-state index contributed by atoms with van der Waals surface area (Å²) in [4.78, 5) is 0. The lowest BCUT2D eigenvalue weighted by Gasteiger charge is -2.48. The van der Waals surface area contributed by atoms with Crippen LogP contribution in [0.1, 0.15) is 153 Å². The van der Waals surface area contributed by atoms with E-state index in [1.165, 1.54) is 104 Å². The van der Waals surface area contributed by atoms with Gasteiger partial charge in [0.1, 0.15) is 5.75 Å². The summed E-state index contributed by atoms with van der Waals surface area (Å²) < 4.78 is 7.35. The second-order valence-corrected chi connectivity index (χ2v) is 15.2. The highest BCUT2D eigenvalue weighted by atomic mass is 16.5. The first kappa shape index (κ1) is 31.9. The smallest absolute Gasteiger partial charge is 0.128 e. The van der Waals surface area contributed by atoms with Crippen LogP contribution in [0.2, 0.25) is 0 Å². The van der Waals surface area contributed by atoms with E-state index in [2.05, 4.69) is 134 Å². The molecule has 256 valence electrons. The van der Waals surface area contributed by atoms with Crippen molar-refractivity contribution < 1.29 is 4.74 Å². The molecule has 12 rings (SSSR count). The van der Waals surface area contributed by atoms with Gasteiger partial charge in [-0.05, 0) is 86.3 Å². The lowest BCUT2D eigenvalue weighted by Crippen LogP contribution is -2.34. The summed E-state index contributed by atoms with van der Waals surface area (Å²) in [6.45, 7) is 3.01. The number of rotatable bonds is 8. The van der Waals surface area contributed by atoms with Crippen LogP contribution in [-0.4, -0.2) is 6.61 Å². The van der Waals surface area contributed by atoms with Crippen molar-refractivity contribution in [1.29, 1.82) is 0 Å². The average Bonchev–Trinajstić information content (AvgIpc) is 3.22. The quantitative estimate of drug-likeness (QED) is 0.114. The molecule has 0 aliphatic heterocycles. The summed E-state index contributed by atoms with van der Waals surface area (Å²) in [5, 5.41) is 0. The number of hydrogen-bond donors (Lipinski definition) is 0. The molecule has 0 aromatic heterocycles. The molecule has 6 aliphatic rings. The Bertz CT molecular complexity index is 2290. The van der Waals surface area contributed by atoms with E-state index < -0.39 is 0 Å². The maximum atomic E-state index is 7.35. The lowest BCUT2D eigenvalue weighted by atomic mass is 9.54. The molecule has 1 heteroatoms. The first-order chi connectivity index (χ1) is 26.3. The Kier molecular flexibility index (Phi) is 7.85. The van der Waals surface area contributed by atoms with Crippen LogP contribution in [0.5, 0.6) is 5.75 Å². The zero-order valence-corrected chi connectivity index (χ0v) is 30.3. The topological polar surface area (TPSA) is 9.23 Å². The van der Waals surface area contributed by atoms with Gasteiger partial charge in [0.25, 0.3) is 0 Å². The third kappa shape index (κ3) is 4.88. The number of terminal acetylenes is 1. The van der Waals surface area contributed by atoms with Gasteiger partial charge in [-0.25, -0.2) is 0 Å². The van der Waals surface area contributed by atoms with E-state index in [9.17, 15) is 0 Å². The van der Waals surface area contributed by atoms with Crippen LogP contribution in [0, 0.1) is 24.2 Å². The number of benzene rings is 6. The molecular weight excluding hydrogens is 641 g/mol. The van der Waals surface area contributed by atoms with Crippen molar-refractivity contribution in [1.82, 2.24) is 0 Å². The SMILES string of the molecule is C#Cc1ccc(C#Cc2c3c(c(OCCCCCCCC)c4c2C2c5ccccc5C4c4ccccc42)C2c4ccccc4C3c3ccccc32)cc1. The molecule has 0 saturated heterocycles. The summed E-state index contributed by atoms with van der Waals surface area (Å²) in [6.07, 6.45) is 13.1. The summed E-state index contributed by atoms with van der Waals surface area (Å²) in [7, 11) is 0. The molecule has 6 aliphatic carbocycles. The Morgan fingerprint density at radius 3 is 1.25 bits per heavy atom. The number of unbranched alkanes of at least 4 members (excludes halogenated alkanes) is 5. The minimum Gasteiger partial charge on any atom is -0.493 e. The fraction of sp³-hybridized carbons (Fsp3) is 0.231. The van der Waals surface area contributed by atoms with Crippen molar-refractivity contribution in [2.45, 2.75) is 69.1 Å². The molecule has 1 nitrogen and oxygen atoms in total. The molecule has 0 atom stereocenters. The highest BCUT2D eigenvalue weighted by Gasteiger charge is 2.51. The molecule has 0 unspecified atom stereocenters. The van der Waals surface area contributed by atoms with Gasteiger partial charge in [0.05, 0.1) is 6.61 Å². The van der Waals surface area contributed by atoms with Crippen molar-refractivity contribution in [2.24, 2.45) is 0 Å². The highest BCUT2D eigenvalue weighted by molar-refractivity contribution is 5.82. The van der Waals surface area contributed by atoms with Crippen molar-refractivity contribution in [3.63, 3.8) is 0 Å². The Morgan fingerprint density at radius 2 is 0.830 bits per heavy atom. The van der Waals surface area contributed by atoms with Crippen LogP contribution in [0.15, 0.2) is 121 Å². The fourth-order valence-electron chi connectivity index (χ4n) is 10.2. The van der Waals surface area contributed by atoms with E-state index in [1.807, 2.05) is 12.1 Å². The van der Waals surface area contributed by atoms with Gasteiger partial charge in [-0.2, -0.15) is 0 Å². The third-order valence-electron chi connectivity index (χ3n) is 12.4. The fourth-order valence-corrected chi connectivity index (χ4v) is 10.2. The molecule has 0 heterocycles. The first-order valence-electron chi connectivity index (χ1n) is 19.6. The van der Waals surface area contributed by atoms with Crippen molar-refractivity contribution in [2.75, 3.05) is 6.61 Å². The van der Waals surface area contributed by atoms with E-state index in [-0.39, 0.29) is 23.7 Å². The molecule has 0 spiro atoms. The predicted octanol–water partition coefficient (Wildman–Crippen LogP) is 11.8. The van der Waals surface area contributed by atoms with Gasteiger partial charge in [0.2, 0.25) is 0 Å². The summed E-state index contributed by atoms with van der Waals surface area (Å²) in [5.74, 6) is 11.8. The van der Waals surface area contributed by atoms with E-state index in [0.717, 1.165) is 29.9 Å². The molecule has 6 aromatic rings. The first-order valence-corrected chi connectivity index (χ1v) is 19.6. The van der Waals surface area contributed by atoms with Crippen LogP contribution in [0.4, 0.5) is 0 Å². The van der Waals surface area contributed by atoms with Crippen LogP contribution in [-0.2, 0) is 0 Å². The van der Waals surface area contributed by atoms with Crippen LogP contribution in [0.3, 0.4) is 0 Å². The Hall–Kier alpha value is -5.76. The molecular formula is C52H42O. The summed E-state index contributed by atoms with van der Waals surface area (Å²) in [6, 6.07) is 44.7. The summed E-state index contributed by atoms with van der Waals surface area (Å²) in [5.41, 5.74) is 19.6. The van der Waals surface area contributed by atoms with Crippen LogP contribution < -0.4 is 4.74 Å². The second kappa shape index (κ2) is 13.0. The van der Waals surface area contributed by atoms with Crippen LogP contribution >= 0.6 is 0 Å². The van der Waals surface area contributed by atoms with Crippen molar-refractivity contribution in [3.8, 4) is 29.9 Å². The zero-order chi connectivity index (χ0) is 35.5. The van der Waals surface area contributed by atoms with Gasteiger partial charge < -0.3 is 4.74 Å². The lowest BCUT2D eigenvalue weighted by molar-refractivity contribution is 0.295. The monoisotopic (exact) mass is 682 g/mol. The Labute approximate surface area is 314 Å². The van der Waals surface area contributed by atoms with Gasteiger partial charge in [0.15, 0.2) is 0 Å². The minimum absolute atomic E-state index is 0.0724. The minimum atomic E-state index is 0.0724. The maximum Gasteiger partial charge on any atom is 0.128 e. The standard InChI is InChI=1S/C52H42O/c1-3-5-6-7-8-17-32-53-52-50-46-39-22-13-9-18-35(39)44(36-19-10-14-23-40(36)46)48(50)43(31-30-34-28-26-33(4-2)27-29-34)49-45-37-20-11-15-24-41(37)47(51(49)52)42-25-16-12-21-38(42)45/h2,9-16,18-29,44-47H,3,5-8,17,32H2,1H3. The molecule has 0 saturated carbocycles. The predicted molar refractivity (Wildman–Crippen MR) is 215 cm³/mol. The van der Waals surface area contributed by atoms with E-state index in [4.69, 9.17) is 11.2 Å². The molecule has 0 amide bonds. The van der Waals surface area contributed by atoms with Gasteiger partial charge in [-0.3, -0.25) is 0 Å². The van der Waals surface area contributed by atoms with Crippen molar-refractivity contribution >= 4 is 0 Å². The number of ether oxygens (including phenoxy) is 1. The summed E-state index contributed by atoms with van der Waals surface area (Å²) >= 11 is 0. The molecule has 6 aromatic carbocycles. The molecule has 0 N–H and O–H groups in total. The number of hydrogen-bond acceptors (Lipinski definition) is 1. The highest BCUT2D eigenvalue weighted by Crippen LogP contribution is 2.65. The largest absolute Gasteiger partial charge is 0.493 e. The Morgan fingerprint density at radius 1 is 0.453 bits per heavy atom. The maximum absolute atomic E-state index is 7.35. The van der Waals surface area contributed by atoms with E-state index in [1.54, 1.807) is 0 Å². The van der Waals surface area contributed by atoms with Gasteiger partial charge >= 0.3 is 0 Å². The van der Waals surface area contributed by atoms with E-state index in [0.29, 0.717) is 0 Å². The van der Waals surface area contributed by atoms with Crippen LogP contribution in [0.25, 0.3) is 0 Å². The molecule has 4 bridgehead atoms. The molecule has 53 heavy (non-hydrogen) atoms. The normalized spacial score (nSPS) is 18.6. The molecule has 0 radical (unpaired) electrons. The van der Waals surface area contributed by atoms with Crippen molar-refractivity contribution in [3.05, 3.63) is 205 Å². The van der Waals surface area contributed by atoms with Gasteiger partial charge in [0, 0.05) is 51.5 Å². The molecule has 0 fully saturated rings.